The van der Waals surface area contributed by atoms with Gasteiger partial charge in [0.25, 0.3) is 0 Å². The molecule has 0 spiro atoms. The van der Waals surface area contributed by atoms with E-state index in [1.54, 1.807) is 11.3 Å². The maximum absolute atomic E-state index is 4.74. The van der Waals surface area contributed by atoms with Crippen molar-refractivity contribution in [3.63, 3.8) is 0 Å². The van der Waals surface area contributed by atoms with Crippen molar-refractivity contribution in [3.05, 3.63) is 23.3 Å². The van der Waals surface area contributed by atoms with Gasteiger partial charge in [-0.05, 0) is 25.0 Å². The first kappa shape index (κ1) is 13.5. The molecule has 3 heteroatoms. The molecular weight excluding hydrogens is 240 g/mol. The Morgan fingerprint density at radius 2 is 2.11 bits per heavy atom. The first-order valence-corrected chi connectivity index (χ1v) is 7.88. The second-order valence-corrected chi connectivity index (χ2v) is 5.84. The van der Waals surface area contributed by atoms with E-state index in [-0.39, 0.29) is 0 Å². The molecule has 2 rings (SSSR count). The van der Waals surface area contributed by atoms with Crippen LogP contribution in [-0.2, 0) is 0 Å². The monoisotopic (exact) mass is 262 g/mol. The number of nitrogens with zero attached hydrogens (tertiary/aromatic N) is 2. The molecule has 0 bridgehead atoms. The molecule has 0 saturated carbocycles. The van der Waals surface area contributed by atoms with Crippen molar-refractivity contribution in [3.8, 4) is 0 Å². The van der Waals surface area contributed by atoms with Crippen LogP contribution in [0.25, 0.3) is 10.3 Å². The number of pyridine rings is 1. The van der Waals surface area contributed by atoms with Crippen molar-refractivity contribution in [2.24, 2.45) is 0 Å². The summed E-state index contributed by atoms with van der Waals surface area (Å²) in [7, 11) is 0. The molecule has 98 valence electrons. The highest BCUT2D eigenvalue weighted by Crippen LogP contribution is 2.31. The summed E-state index contributed by atoms with van der Waals surface area (Å²) < 4.78 is 0. The number of fused-ring (bicyclic) bond motifs is 1. The first-order valence-electron chi connectivity index (χ1n) is 7.06. The van der Waals surface area contributed by atoms with Crippen LogP contribution < -0.4 is 0 Å². The van der Waals surface area contributed by atoms with Crippen molar-refractivity contribution < 1.29 is 0 Å². The molecular formula is C15H22N2S. The minimum Gasteiger partial charge on any atom is -0.244 e. The fourth-order valence-electron chi connectivity index (χ4n) is 2.28. The summed E-state index contributed by atoms with van der Waals surface area (Å²) >= 11 is 1.77. The second-order valence-electron chi connectivity index (χ2n) is 4.83. The highest BCUT2D eigenvalue weighted by Gasteiger charge is 2.14. The number of thiazole rings is 1. The Bertz CT molecular complexity index is 445. The summed E-state index contributed by atoms with van der Waals surface area (Å²) in [5, 5.41) is 1.28. The van der Waals surface area contributed by atoms with Gasteiger partial charge in [0.2, 0.25) is 0 Å². The highest BCUT2D eigenvalue weighted by molar-refractivity contribution is 7.18. The van der Waals surface area contributed by atoms with Gasteiger partial charge in [-0.2, -0.15) is 0 Å². The molecule has 2 heterocycles. The lowest BCUT2D eigenvalue weighted by molar-refractivity contribution is 0.541. The Hall–Kier alpha value is -0.960. The maximum atomic E-state index is 4.74. The molecule has 0 aliphatic carbocycles. The van der Waals surface area contributed by atoms with Crippen molar-refractivity contribution in [1.29, 1.82) is 0 Å². The molecule has 18 heavy (non-hydrogen) atoms. The maximum Gasteiger partial charge on any atom is 0.143 e. The number of unbranched alkanes of at least 4 members (excludes halogenated alkanes) is 3. The van der Waals surface area contributed by atoms with Gasteiger partial charge in [-0.15, -0.1) is 0 Å². The van der Waals surface area contributed by atoms with E-state index >= 15 is 0 Å². The lowest BCUT2D eigenvalue weighted by atomic mass is 9.99. The Morgan fingerprint density at radius 3 is 2.83 bits per heavy atom. The SMILES string of the molecule is CCCCCCC(CC)c1nc2cccnc2s1. The molecule has 0 amide bonds. The second kappa shape index (κ2) is 6.83. The molecule has 0 N–H and O–H groups in total. The zero-order valence-corrected chi connectivity index (χ0v) is 12.2. The van der Waals surface area contributed by atoms with E-state index in [1.165, 1.54) is 43.5 Å². The van der Waals surface area contributed by atoms with E-state index < -0.39 is 0 Å². The summed E-state index contributed by atoms with van der Waals surface area (Å²) in [6.07, 6.45) is 9.67. The number of hydrogen-bond donors (Lipinski definition) is 0. The predicted molar refractivity (Wildman–Crippen MR) is 79.2 cm³/mol. The summed E-state index contributed by atoms with van der Waals surface area (Å²) in [5.41, 5.74) is 1.06. The zero-order valence-electron chi connectivity index (χ0n) is 11.4. The van der Waals surface area contributed by atoms with Gasteiger partial charge in [-0.1, -0.05) is 50.9 Å². The largest absolute Gasteiger partial charge is 0.244 e. The molecule has 2 nitrogen and oxygen atoms in total. The predicted octanol–water partition coefficient (Wildman–Crippen LogP) is 5.16. The van der Waals surface area contributed by atoms with E-state index in [1.807, 2.05) is 12.3 Å². The normalized spacial score (nSPS) is 13.0. The highest BCUT2D eigenvalue weighted by atomic mass is 32.1. The third-order valence-corrected chi connectivity index (χ3v) is 4.57. The smallest absolute Gasteiger partial charge is 0.143 e. The quantitative estimate of drug-likeness (QED) is 0.644. The molecule has 1 unspecified atom stereocenters. The van der Waals surface area contributed by atoms with E-state index in [4.69, 9.17) is 4.98 Å². The Balaban J connectivity index is 2.02. The van der Waals surface area contributed by atoms with Crippen LogP contribution in [0, 0.1) is 0 Å². The van der Waals surface area contributed by atoms with Crippen LogP contribution in [0.4, 0.5) is 0 Å². The van der Waals surface area contributed by atoms with Gasteiger partial charge < -0.3 is 0 Å². The van der Waals surface area contributed by atoms with Crippen molar-refractivity contribution >= 4 is 21.7 Å². The molecule has 0 saturated heterocycles. The van der Waals surface area contributed by atoms with E-state index in [2.05, 4.69) is 24.9 Å². The Morgan fingerprint density at radius 1 is 1.22 bits per heavy atom. The van der Waals surface area contributed by atoms with Crippen LogP contribution in [0.1, 0.15) is 63.3 Å². The van der Waals surface area contributed by atoms with Gasteiger partial charge in [0, 0.05) is 12.1 Å². The van der Waals surface area contributed by atoms with Gasteiger partial charge in [-0.25, -0.2) is 9.97 Å². The zero-order chi connectivity index (χ0) is 12.8. The minimum absolute atomic E-state index is 0.626. The fraction of sp³-hybridized carbons (Fsp3) is 0.600. The average Bonchev–Trinajstić information content (AvgIpc) is 2.82. The lowest BCUT2D eigenvalue weighted by Crippen LogP contribution is -1.96. The molecule has 0 radical (unpaired) electrons. The van der Waals surface area contributed by atoms with Crippen molar-refractivity contribution in [2.75, 3.05) is 0 Å². The van der Waals surface area contributed by atoms with Crippen LogP contribution in [0.3, 0.4) is 0 Å². The van der Waals surface area contributed by atoms with E-state index in [0.29, 0.717) is 5.92 Å². The first-order chi connectivity index (χ1) is 8.85. The van der Waals surface area contributed by atoms with Crippen LogP contribution >= 0.6 is 11.3 Å². The summed E-state index contributed by atoms with van der Waals surface area (Å²) in [6.45, 7) is 4.53. The number of rotatable bonds is 7. The molecule has 1 atom stereocenters. The number of aromatic nitrogens is 2. The topological polar surface area (TPSA) is 25.8 Å². The molecule has 0 aromatic carbocycles. The third-order valence-electron chi connectivity index (χ3n) is 3.43. The van der Waals surface area contributed by atoms with Gasteiger partial charge in [0.05, 0.1) is 5.01 Å². The minimum atomic E-state index is 0.626. The molecule has 2 aromatic rings. The summed E-state index contributed by atoms with van der Waals surface area (Å²) in [5.74, 6) is 0.626. The van der Waals surface area contributed by atoms with Gasteiger partial charge in [0.15, 0.2) is 0 Å². The molecule has 0 aliphatic heterocycles. The summed E-state index contributed by atoms with van der Waals surface area (Å²) in [4.78, 5) is 10.2. The average molecular weight is 262 g/mol. The molecule has 2 aromatic heterocycles. The van der Waals surface area contributed by atoms with Crippen LogP contribution in [0.15, 0.2) is 18.3 Å². The van der Waals surface area contributed by atoms with Gasteiger partial charge >= 0.3 is 0 Å². The lowest BCUT2D eigenvalue weighted by Gasteiger charge is -2.10. The van der Waals surface area contributed by atoms with Gasteiger partial charge in [0.1, 0.15) is 10.3 Å². The third kappa shape index (κ3) is 3.29. The molecule has 0 aliphatic rings. The van der Waals surface area contributed by atoms with Crippen molar-refractivity contribution in [1.82, 2.24) is 9.97 Å². The van der Waals surface area contributed by atoms with E-state index in [0.717, 1.165) is 10.3 Å². The Labute approximate surface area is 113 Å². The van der Waals surface area contributed by atoms with Crippen LogP contribution in [0.5, 0.6) is 0 Å². The van der Waals surface area contributed by atoms with Crippen LogP contribution in [0.2, 0.25) is 0 Å². The summed E-state index contributed by atoms with van der Waals surface area (Å²) in [6, 6.07) is 4.03. The Kier molecular flexibility index (Phi) is 5.12. The molecule has 0 fully saturated rings. The fourth-order valence-corrected chi connectivity index (χ4v) is 3.41. The van der Waals surface area contributed by atoms with Crippen LogP contribution in [-0.4, -0.2) is 9.97 Å². The van der Waals surface area contributed by atoms with E-state index in [9.17, 15) is 0 Å². The van der Waals surface area contributed by atoms with Gasteiger partial charge in [-0.3, -0.25) is 0 Å². The number of hydrogen-bond acceptors (Lipinski definition) is 3. The van der Waals surface area contributed by atoms with Crippen molar-refractivity contribution in [2.45, 2.75) is 58.3 Å². The standard InChI is InChI=1S/C15H22N2S/c1-3-5-6-7-9-12(4-2)14-17-13-10-8-11-16-15(13)18-14/h8,10-12H,3-7,9H2,1-2H3.